The molecule has 0 radical (unpaired) electrons. The maximum atomic E-state index is 12.5. The molecule has 1 heterocycles. The Labute approximate surface area is 155 Å². The molecule has 1 saturated heterocycles. The van der Waals surface area contributed by atoms with E-state index in [2.05, 4.69) is 19.2 Å². The number of benzene rings is 1. The molecule has 1 aromatic carbocycles. The predicted molar refractivity (Wildman–Crippen MR) is 102 cm³/mol. The van der Waals surface area contributed by atoms with E-state index in [0.29, 0.717) is 18.1 Å². The summed E-state index contributed by atoms with van der Waals surface area (Å²) in [5.74, 6) is 0.144. The fourth-order valence-electron chi connectivity index (χ4n) is 3.16. The second-order valence-corrected chi connectivity index (χ2v) is 10.5. The molecule has 1 aromatic rings. The maximum Gasteiger partial charge on any atom is 0.317 e. The zero-order chi connectivity index (χ0) is 18.7. The Hall–Kier alpha value is -1.27. The van der Waals surface area contributed by atoms with Crippen LogP contribution in [0.3, 0.4) is 0 Å². The Bertz CT molecular complexity index is 719. The highest BCUT2D eigenvalue weighted by Gasteiger charge is 2.28. The second-order valence-electron chi connectivity index (χ2n) is 7.80. The minimum Gasteiger partial charge on any atom is -0.337 e. The minimum absolute atomic E-state index is 0.0384. The molecule has 1 atom stereocenters. The first-order valence-corrected chi connectivity index (χ1v) is 10.7. The van der Waals surface area contributed by atoms with Crippen LogP contribution in [0.15, 0.2) is 24.3 Å². The lowest BCUT2D eigenvalue weighted by atomic mass is 9.86. The molecule has 2 rings (SSSR count). The van der Waals surface area contributed by atoms with Crippen LogP contribution in [-0.2, 0) is 16.3 Å². The SMILES string of the molecule is CC1CN(C(=O)NCC(C)(C)Cc2cccc(Cl)c2)CCS(=O)(=O)C1. The van der Waals surface area contributed by atoms with Crippen LogP contribution in [-0.4, -0.2) is 50.5 Å². The molecule has 1 aliphatic rings. The Morgan fingerprint density at radius 2 is 2.12 bits per heavy atom. The van der Waals surface area contributed by atoms with Crippen LogP contribution in [0.2, 0.25) is 5.02 Å². The van der Waals surface area contributed by atoms with Crippen LogP contribution >= 0.6 is 11.6 Å². The molecule has 1 N–H and O–H groups in total. The van der Waals surface area contributed by atoms with E-state index in [4.69, 9.17) is 11.6 Å². The zero-order valence-corrected chi connectivity index (χ0v) is 16.7. The number of amides is 2. The quantitative estimate of drug-likeness (QED) is 0.864. The third kappa shape index (κ3) is 6.51. The molecule has 0 saturated carbocycles. The monoisotopic (exact) mass is 386 g/mol. The lowest BCUT2D eigenvalue weighted by molar-refractivity contribution is 0.190. The average Bonchev–Trinajstić information content (AvgIpc) is 2.61. The van der Waals surface area contributed by atoms with E-state index < -0.39 is 9.84 Å². The molecular formula is C18H27ClN2O3S. The number of carbonyl (C=O) groups excluding carboxylic acids is 1. The van der Waals surface area contributed by atoms with Gasteiger partial charge < -0.3 is 10.2 Å². The van der Waals surface area contributed by atoms with Gasteiger partial charge in [-0.25, -0.2) is 13.2 Å². The van der Waals surface area contributed by atoms with Crippen LogP contribution in [0.25, 0.3) is 0 Å². The summed E-state index contributed by atoms with van der Waals surface area (Å²) < 4.78 is 23.7. The lowest BCUT2D eigenvalue weighted by Crippen LogP contribution is -2.45. The average molecular weight is 387 g/mol. The van der Waals surface area contributed by atoms with E-state index in [9.17, 15) is 13.2 Å². The first-order valence-electron chi connectivity index (χ1n) is 8.54. The molecule has 1 unspecified atom stereocenters. The standard InChI is InChI=1S/C18H27ClN2O3S/c1-14-11-21(7-8-25(23,24)12-14)17(22)20-13-18(2,3)10-15-5-4-6-16(19)9-15/h4-6,9,14H,7-8,10-13H2,1-3H3,(H,20,22). The van der Waals surface area contributed by atoms with E-state index in [1.54, 1.807) is 4.90 Å². The van der Waals surface area contributed by atoms with Gasteiger partial charge in [0.05, 0.1) is 11.5 Å². The second kappa shape index (κ2) is 7.96. The van der Waals surface area contributed by atoms with Gasteiger partial charge in [-0.3, -0.25) is 0 Å². The van der Waals surface area contributed by atoms with Gasteiger partial charge in [0.15, 0.2) is 9.84 Å². The molecule has 0 aliphatic carbocycles. The fraction of sp³-hybridized carbons (Fsp3) is 0.611. The van der Waals surface area contributed by atoms with Crippen molar-refractivity contribution in [3.63, 3.8) is 0 Å². The third-order valence-electron chi connectivity index (χ3n) is 4.32. The number of hydrogen-bond acceptors (Lipinski definition) is 3. The van der Waals surface area contributed by atoms with Gasteiger partial charge in [-0.1, -0.05) is 44.5 Å². The van der Waals surface area contributed by atoms with Crippen LogP contribution in [0.4, 0.5) is 4.79 Å². The normalized spacial score (nSPS) is 20.8. The number of halogens is 1. The number of hydrogen-bond donors (Lipinski definition) is 1. The zero-order valence-electron chi connectivity index (χ0n) is 15.1. The highest BCUT2D eigenvalue weighted by Crippen LogP contribution is 2.23. The van der Waals surface area contributed by atoms with Crippen molar-refractivity contribution >= 4 is 27.5 Å². The molecule has 5 nitrogen and oxygen atoms in total. The number of carbonyl (C=O) groups is 1. The first kappa shape index (κ1) is 20.0. The molecule has 0 aromatic heterocycles. The van der Waals surface area contributed by atoms with Crippen LogP contribution in [0.5, 0.6) is 0 Å². The Morgan fingerprint density at radius 1 is 1.40 bits per heavy atom. The molecule has 25 heavy (non-hydrogen) atoms. The van der Waals surface area contributed by atoms with Crippen LogP contribution in [0, 0.1) is 11.3 Å². The molecule has 1 aliphatic heterocycles. The Balaban J connectivity index is 1.91. The number of rotatable bonds is 4. The highest BCUT2D eigenvalue weighted by molar-refractivity contribution is 7.91. The molecule has 0 bridgehead atoms. The van der Waals surface area contributed by atoms with Crippen LogP contribution < -0.4 is 5.32 Å². The number of nitrogens with one attached hydrogen (secondary N) is 1. The maximum absolute atomic E-state index is 12.5. The van der Waals surface area contributed by atoms with Gasteiger partial charge in [0.1, 0.15) is 0 Å². The van der Waals surface area contributed by atoms with E-state index in [1.807, 2.05) is 31.2 Å². The van der Waals surface area contributed by atoms with E-state index in [1.165, 1.54) is 0 Å². The fourth-order valence-corrected chi connectivity index (χ4v) is 5.01. The van der Waals surface area contributed by atoms with Crippen molar-refractivity contribution in [1.29, 1.82) is 0 Å². The lowest BCUT2D eigenvalue weighted by Gasteiger charge is -2.28. The summed E-state index contributed by atoms with van der Waals surface area (Å²) in [6.07, 6.45) is 0.790. The van der Waals surface area contributed by atoms with Gasteiger partial charge in [-0.05, 0) is 35.4 Å². The highest BCUT2D eigenvalue weighted by atomic mass is 35.5. The molecule has 140 valence electrons. The summed E-state index contributed by atoms with van der Waals surface area (Å²) in [6.45, 7) is 7.28. The minimum atomic E-state index is -3.06. The molecule has 1 fully saturated rings. The molecule has 7 heteroatoms. The predicted octanol–water partition coefficient (Wildman–Crippen LogP) is 2.98. The van der Waals surface area contributed by atoms with Crippen molar-refractivity contribution in [3.05, 3.63) is 34.9 Å². The van der Waals surface area contributed by atoms with Gasteiger partial charge in [-0.15, -0.1) is 0 Å². The molecule has 0 spiro atoms. The summed E-state index contributed by atoms with van der Waals surface area (Å²) in [7, 11) is -3.06. The van der Waals surface area contributed by atoms with Crippen molar-refractivity contribution in [2.24, 2.45) is 11.3 Å². The van der Waals surface area contributed by atoms with Crippen molar-refractivity contribution in [3.8, 4) is 0 Å². The van der Waals surface area contributed by atoms with E-state index in [-0.39, 0.29) is 35.4 Å². The van der Waals surface area contributed by atoms with Gasteiger partial charge in [0.25, 0.3) is 0 Å². The van der Waals surface area contributed by atoms with Gasteiger partial charge in [-0.2, -0.15) is 0 Å². The first-order chi connectivity index (χ1) is 11.6. The van der Waals surface area contributed by atoms with Gasteiger partial charge in [0, 0.05) is 24.7 Å². The Kier molecular flexibility index (Phi) is 6.38. The smallest absolute Gasteiger partial charge is 0.317 e. The summed E-state index contributed by atoms with van der Waals surface area (Å²) >= 11 is 6.03. The summed E-state index contributed by atoms with van der Waals surface area (Å²) in [5, 5.41) is 3.67. The summed E-state index contributed by atoms with van der Waals surface area (Å²) in [6, 6.07) is 7.53. The number of urea groups is 1. The van der Waals surface area contributed by atoms with Crippen molar-refractivity contribution < 1.29 is 13.2 Å². The van der Waals surface area contributed by atoms with E-state index >= 15 is 0 Å². The summed E-state index contributed by atoms with van der Waals surface area (Å²) in [4.78, 5) is 14.1. The van der Waals surface area contributed by atoms with Crippen molar-refractivity contribution in [2.75, 3.05) is 31.1 Å². The van der Waals surface area contributed by atoms with Crippen LogP contribution in [0.1, 0.15) is 26.3 Å². The third-order valence-corrected chi connectivity index (χ3v) is 6.44. The topological polar surface area (TPSA) is 66.5 Å². The molecular weight excluding hydrogens is 360 g/mol. The Morgan fingerprint density at radius 3 is 2.80 bits per heavy atom. The van der Waals surface area contributed by atoms with Crippen molar-refractivity contribution in [1.82, 2.24) is 10.2 Å². The van der Waals surface area contributed by atoms with Gasteiger partial charge in [0.2, 0.25) is 0 Å². The summed E-state index contributed by atoms with van der Waals surface area (Å²) in [5.41, 5.74) is 0.991. The largest absolute Gasteiger partial charge is 0.337 e. The number of nitrogens with zero attached hydrogens (tertiary/aromatic N) is 1. The van der Waals surface area contributed by atoms with Crippen molar-refractivity contribution in [2.45, 2.75) is 27.2 Å². The number of sulfone groups is 1. The molecule has 2 amide bonds. The van der Waals surface area contributed by atoms with Gasteiger partial charge >= 0.3 is 6.03 Å². The van der Waals surface area contributed by atoms with E-state index in [0.717, 1.165) is 12.0 Å².